The lowest BCUT2D eigenvalue weighted by Gasteiger charge is -2.55. The summed E-state index contributed by atoms with van der Waals surface area (Å²) in [7, 11) is -3.45. The van der Waals surface area contributed by atoms with Gasteiger partial charge in [-0.2, -0.15) is 4.31 Å². The van der Waals surface area contributed by atoms with E-state index < -0.39 is 10.0 Å². The lowest BCUT2D eigenvalue weighted by atomic mass is 9.49. The van der Waals surface area contributed by atoms with E-state index >= 15 is 0 Å². The SMILES string of the molecule is O=C(CCCNC(=O)C12CC3CC(CC(C3)C1)C2)Nc1ccc(S(=O)(=O)N2CCCC2)cc1. The number of carbonyl (C=O) groups excluding carboxylic acids is 2. The van der Waals surface area contributed by atoms with Gasteiger partial charge in [0.25, 0.3) is 0 Å². The Labute approximate surface area is 196 Å². The highest BCUT2D eigenvalue weighted by Gasteiger charge is 2.54. The summed E-state index contributed by atoms with van der Waals surface area (Å²) in [5.41, 5.74) is 0.437. The molecule has 2 N–H and O–H groups in total. The first kappa shape index (κ1) is 22.8. The van der Waals surface area contributed by atoms with Gasteiger partial charge in [-0.3, -0.25) is 9.59 Å². The van der Waals surface area contributed by atoms with Crippen molar-refractivity contribution >= 4 is 27.5 Å². The molecule has 4 bridgehead atoms. The number of hydrogen-bond acceptors (Lipinski definition) is 4. The van der Waals surface area contributed by atoms with E-state index in [1.807, 2.05) is 0 Å². The molecule has 7 nitrogen and oxygen atoms in total. The van der Waals surface area contributed by atoms with Crippen LogP contribution in [0.4, 0.5) is 5.69 Å². The Bertz CT molecular complexity index is 964. The minimum absolute atomic E-state index is 0.130. The van der Waals surface area contributed by atoms with Crippen LogP contribution in [0.3, 0.4) is 0 Å². The van der Waals surface area contributed by atoms with Crippen LogP contribution in [0.5, 0.6) is 0 Å². The minimum atomic E-state index is -3.45. The predicted molar refractivity (Wildman–Crippen MR) is 126 cm³/mol. The van der Waals surface area contributed by atoms with E-state index in [0.717, 1.165) is 49.9 Å². The standard InChI is InChI=1S/C25H35N3O4S/c29-23(27-21-5-7-22(8-6-21)33(31,32)28-10-1-2-11-28)4-3-9-26-24(30)25-15-18-12-19(16-25)14-20(13-18)17-25/h5-8,18-20H,1-4,9-17H2,(H,26,30)(H,27,29). The number of rotatable bonds is 8. The zero-order valence-electron chi connectivity index (χ0n) is 19.2. The van der Waals surface area contributed by atoms with Crippen LogP contribution in [-0.2, 0) is 19.6 Å². The second kappa shape index (κ2) is 9.02. The molecule has 1 aromatic carbocycles. The molecule has 0 atom stereocenters. The van der Waals surface area contributed by atoms with Crippen molar-refractivity contribution in [3.05, 3.63) is 24.3 Å². The first-order valence-electron chi connectivity index (χ1n) is 12.5. The number of hydrogen-bond donors (Lipinski definition) is 2. The van der Waals surface area contributed by atoms with Gasteiger partial charge >= 0.3 is 0 Å². The van der Waals surface area contributed by atoms with Gasteiger partial charge < -0.3 is 10.6 Å². The average Bonchev–Trinajstić information content (AvgIpc) is 3.32. The summed E-state index contributed by atoms with van der Waals surface area (Å²) in [6.07, 6.45) is 9.80. The third-order valence-electron chi connectivity index (χ3n) is 8.23. The Morgan fingerprint density at radius 3 is 2.09 bits per heavy atom. The monoisotopic (exact) mass is 473 g/mol. The van der Waals surface area contributed by atoms with Crippen molar-refractivity contribution in [3.8, 4) is 0 Å². The summed E-state index contributed by atoms with van der Waals surface area (Å²) in [6.45, 7) is 1.65. The van der Waals surface area contributed by atoms with Crippen LogP contribution in [-0.4, -0.2) is 44.2 Å². The summed E-state index contributed by atoms with van der Waals surface area (Å²) in [6, 6.07) is 6.37. The molecule has 6 rings (SSSR count). The lowest BCUT2D eigenvalue weighted by molar-refractivity contribution is -0.146. The molecule has 180 valence electrons. The molecule has 1 saturated heterocycles. The van der Waals surface area contributed by atoms with E-state index in [1.165, 1.54) is 23.6 Å². The first-order chi connectivity index (χ1) is 15.8. The fourth-order valence-corrected chi connectivity index (χ4v) is 8.56. The number of sulfonamides is 1. The number of nitrogens with one attached hydrogen (secondary N) is 2. The maximum atomic E-state index is 13.0. The molecule has 0 radical (unpaired) electrons. The molecule has 2 amide bonds. The van der Waals surface area contributed by atoms with Crippen molar-refractivity contribution in [2.24, 2.45) is 23.2 Å². The molecule has 8 heteroatoms. The average molecular weight is 474 g/mol. The topological polar surface area (TPSA) is 95.6 Å². The Morgan fingerprint density at radius 1 is 0.939 bits per heavy atom. The van der Waals surface area contributed by atoms with E-state index in [9.17, 15) is 18.0 Å². The highest BCUT2D eigenvalue weighted by atomic mass is 32.2. The van der Waals surface area contributed by atoms with Crippen LogP contribution in [0.1, 0.15) is 64.2 Å². The van der Waals surface area contributed by atoms with E-state index in [2.05, 4.69) is 10.6 Å². The predicted octanol–water partition coefficient (Wildman–Crippen LogP) is 3.52. The third kappa shape index (κ3) is 4.69. The molecular formula is C25H35N3O4S. The molecule has 5 aliphatic rings. The maximum Gasteiger partial charge on any atom is 0.243 e. The van der Waals surface area contributed by atoms with Crippen LogP contribution in [0.25, 0.3) is 0 Å². The van der Waals surface area contributed by atoms with Crippen LogP contribution in [0.15, 0.2) is 29.2 Å². The van der Waals surface area contributed by atoms with Crippen molar-refractivity contribution in [2.45, 2.75) is 69.1 Å². The molecule has 33 heavy (non-hydrogen) atoms. The Balaban J connectivity index is 1.06. The highest BCUT2D eigenvalue weighted by molar-refractivity contribution is 7.89. The van der Waals surface area contributed by atoms with Crippen LogP contribution in [0, 0.1) is 23.2 Å². The van der Waals surface area contributed by atoms with Gasteiger partial charge in [0, 0.05) is 37.2 Å². The van der Waals surface area contributed by atoms with Crippen LogP contribution >= 0.6 is 0 Å². The number of carbonyl (C=O) groups is 2. The number of benzene rings is 1. The van der Waals surface area contributed by atoms with Crippen molar-refractivity contribution in [2.75, 3.05) is 25.0 Å². The van der Waals surface area contributed by atoms with Crippen molar-refractivity contribution < 1.29 is 18.0 Å². The summed E-state index contributed by atoms with van der Waals surface area (Å²) < 4.78 is 26.7. The molecule has 1 heterocycles. The van der Waals surface area contributed by atoms with Crippen molar-refractivity contribution in [3.63, 3.8) is 0 Å². The van der Waals surface area contributed by atoms with Crippen molar-refractivity contribution in [1.29, 1.82) is 0 Å². The Morgan fingerprint density at radius 2 is 1.52 bits per heavy atom. The largest absolute Gasteiger partial charge is 0.356 e. The normalized spacial score (nSPS) is 31.0. The van der Waals surface area contributed by atoms with Gasteiger partial charge in [0.2, 0.25) is 21.8 Å². The second-order valence-corrected chi connectivity index (χ2v) is 12.7. The molecule has 0 spiro atoms. The first-order valence-corrected chi connectivity index (χ1v) is 14.0. The fraction of sp³-hybridized carbons (Fsp3) is 0.680. The molecule has 4 saturated carbocycles. The second-order valence-electron chi connectivity index (χ2n) is 10.7. The summed E-state index contributed by atoms with van der Waals surface area (Å²) in [4.78, 5) is 25.6. The number of nitrogens with zero attached hydrogens (tertiary/aromatic N) is 1. The van der Waals surface area contributed by atoms with Gasteiger partial charge in [0.05, 0.1) is 4.90 Å². The molecular weight excluding hydrogens is 438 g/mol. The summed E-state index contributed by atoms with van der Waals surface area (Å²) in [5, 5.41) is 5.95. The van der Waals surface area contributed by atoms with E-state index in [1.54, 1.807) is 24.3 Å². The van der Waals surface area contributed by atoms with Gasteiger partial charge in [-0.05, 0) is 99.8 Å². The van der Waals surface area contributed by atoms with E-state index in [4.69, 9.17) is 0 Å². The third-order valence-corrected chi connectivity index (χ3v) is 10.1. The van der Waals surface area contributed by atoms with Gasteiger partial charge in [0.1, 0.15) is 0 Å². The highest BCUT2D eigenvalue weighted by Crippen LogP contribution is 2.60. The Hall–Kier alpha value is -1.93. The molecule has 5 fully saturated rings. The van der Waals surface area contributed by atoms with Gasteiger partial charge in [0.15, 0.2) is 0 Å². The minimum Gasteiger partial charge on any atom is -0.356 e. The quantitative estimate of drug-likeness (QED) is 0.565. The zero-order chi connectivity index (χ0) is 23.1. The number of anilines is 1. The number of amides is 2. The van der Waals surface area contributed by atoms with Crippen LogP contribution in [0.2, 0.25) is 0 Å². The molecule has 1 aliphatic heterocycles. The lowest BCUT2D eigenvalue weighted by Crippen LogP contribution is -2.53. The molecule has 4 aliphatic carbocycles. The molecule has 1 aromatic rings. The Kier molecular flexibility index (Phi) is 6.25. The molecule has 0 aromatic heterocycles. The smallest absolute Gasteiger partial charge is 0.243 e. The summed E-state index contributed by atoms with van der Waals surface area (Å²) in [5.74, 6) is 2.30. The fourth-order valence-electron chi connectivity index (χ4n) is 7.04. The van der Waals surface area contributed by atoms with Gasteiger partial charge in [-0.15, -0.1) is 0 Å². The summed E-state index contributed by atoms with van der Waals surface area (Å²) >= 11 is 0. The molecule has 0 unspecified atom stereocenters. The van der Waals surface area contributed by atoms with E-state index in [-0.39, 0.29) is 22.1 Å². The van der Waals surface area contributed by atoms with Gasteiger partial charge in [-0.25, -0.2) is 8.42 Å². The van der Waals surface area contributed by atoms with Crippen molar-refractivity contribution in [1.82, 2.24) is 9.62 Å². The van der Waals surface area contributed by atoms with Crippen LogP contribution < -0.4 is 10.6 Å². The zero-order valence-corrected chi connectivity index (χ0v) is 20.0. The van der Waals surface area contributed by atoms with Gasteiger partial charge in [-0.1, -0.05) is 0 Å². The van der Waals surface area contributed by atoms with E-state index in [0.29, 0.717) is 38.2 Å². The maximum absolute atomic E-state index is 13.0.